The van der Waals surface area contributed by atoms with Crippen LogP contribution in [0, 0.1) is 6.92 Å². The largest absolute Gasteiger partial charge is 0.496 e. The van der Waals surface area contributed by atoms with Crippen molar-refractivity contribution in [3.05, 3.63) is 63.2 Å². The molecule has 7 nitrogen and oxygen atoms in total. The molecular formula is C25H24ClF2NO6. The number of methoxy groups -OCH3 is 1. The van der Waals surface area contributed by atoms with E-state index in [-0.39, 0.29) is 36.4 Å². The molecule has 1 aliphatic rings. The van der Waals surface area contributed by atoms with Gasteiger partial charge in [0.15, 0.2) is 0 Å². The lowest BCUT2D eigenvalue weighted by Gasteiger charge is -2.19. The van der Waals surface area contributed by atoms with Crippen molar-refractivity contribution < 1.29 is 37.4 Å². The van der Waals surface area contributed by atoms with E-state index >= 15 is 0 Å². The third-order valence-electron chi connectivity index (χ3n) is 5.56. The predicted molar refractivity (Wildman–Crippen MR) is 125 cm³/mol. The zero-order chi connectivity index (χ0) is 25.7. The van der Waals surface area contributed by atoms with Gasteiger partial charge in [0.2, 0.25) is 0 Å². The van der Waals surface area contributed by atoms with Gasteiger partial charge in [0.05, 0.1) is 23.4 Å². The minimum absolute atomic E-state index is 0.0432. The van der Waals surface area contributed by atoms with Gasteiger partial charge in [0.25, 0.3) is 5.91 Å². The molecule has 0 saturated heterocycles. The number of nitrogens with one attached hydrogen (secondary N) is 1. The average molecular weight is 508 g/mol. The van der Waals surface area contributed by atoms with Crippen molar-refractivity contribution in [3.63, 3.8) is 0 Å². The fourth-order valence-electron chi connectivity index (χ4n) is 3.75. The number of carbonyl (C=O) groups excluding carboxylic acids is 3. The molecule has 0 bridgehead atoms. The molecular weight excluding hydrogens is 484 g/mol. The second kappa shape index (κ2) is 11.3. The van der Waals surface area contributed by atoms with Crippen molar-refractivity contribution in [2.75, 3.05) is 12.4 Å². The fraction of sp³-hybridized carbons (Fsp3) is 0.320. The molecule has 3 rings (SSSR count). The summed E-state index contributed by atoms with van der Waals surface area (Å²) in [6, 6.07) is 6.62. The van der Waals surface area contributed by atoms with Gasteiger partial charge in [-0.3, -0.25) is 9.59 Å². The number of para-hydroxylation sites is 1. The summed E-state index contributed by atoms with van der Waals surface area (Å²) in [6.07, 6.45) is -0.921. The Labute approximate surface area is 206 Å². The minimum Gasteiger partial charge on any atom is -0.496 e. The van der Waals surface area contributed by atoms with Gasteiger partial charge in [-0.15, -0.1) is 0 Å². The molecule has 2 aromatic carbocycles. The van der Waals surface area contributed by atoms with Crippen LogP contribution in [0.3, 0.4) is 0 Å². The number of esters is 2. The number of amides is 1. The number of rotatable bonds is 9. The zero-order valence-electron chi connectivity index (χ0n) is 19.4. The van der Waals surface area contributed by atoms with E-state index in [1.165, 1.54) is 7.11 Å². The number of ether oxygens (including phenoxy) is 3. The quantitative estimate of drug-likeness (QED) is 0.277. The Morgan fingerprint density at radius 2 is 1.97 bits per heavy atom. The molecule has 35 heavy (non-hydrogen) atoms. The number of benzene rings is 2. The van der Waals surface area contributed by atoms with Crippen molar-refractivity contribution >= 4 is 35.1 Å². The highest BCUT2D eigenvalue weighted by Crippen LogP contribution is 2.41. The van der Waals surface area contributed by atoms with Crippen molar-refractivity contribution in [3.8, 4) is 11.5 Å². The van der Waals surface area contributed by atoms with Crippen LogP contribution in [-0.4, -0.2) is 31.4 Å². The Hall–Kier alpha value is -3.46. The molecule has 1 amide bonds. The van der Waals surface area contributed by atoms with Gasteiger partial charge < -0.3 is 19.5 Å². The minimum atomic E-state index is -3.27. The lowest BCUT2D eigenvalue weighted by Crippen LogP contribution is -2.23. The number of alkyl halides is 2. The maximum atomic E-state index is 13.0. The Kier molecular flexibility index (Phi) is 8.45. The van der Waals surface area contributed by atoms with Crippen LogP contribution in [0.25, 0.3) is 0 Å². The molecule has 0 aromatic heterocycles. The number of hydrogen-bond donors (Lipinski definition) is 1. The van der Waals surface area contributed by atoms with Crippen LogP contribution in [-0.2, 0) is 27.4 Å². The topological polar surface area (TPSA) is 90.9 Å². The second-order valence-electron chi connectivity index (χ2n) is 7.89. The number of halogens is 3. The smallest absolute Gasteiger partial charge is 0.341 e. The molecule has 186 valence electrons. The molecule has 0 spiro atoms. The standard InChI is InChI=1S/C25H24ClF2NO6/c1-13(9-11-19(30)35-18-7-5-4-6-17(18)26)8-10-15-21(29-24(31)23(27)28)20-16(12-34-25(20)32)14(2)22(15)33-3/h4-8,23H,9-12H2,1-3H3,(H,29,31). The summed E-state index contributed by atoms with van der Waals surface area (Å²) in [5, 5.41) is 2.49. The van der Waals surface area contributed by atoms with Crippen molar-refractivity contribution in [1.82, 2.24) is 0 Å². The maximum Gasteiger partial charge on any atom is 0.341 e. The zero-order valence-corrected chi connectivity index (χ0v) is 20.1. The first-order valence-corrected chi connectivity index (χ1v) is 11.1. The lowest BCUT2D eigenvalue weighted by molar-refractivity contribution is -0.134. The van der Waals surface area contributed by atoms with Gasteiger partial charge in [0.1, 0.15) is 18.1 Å². The Morgan fingerprint density at radius 1 is 1.26 bits per heavy atom. The van der Waals surface area contributed by atoms with E-state index < -0.39 is 24.3 Å². The van der Waals surface area contributed by atoms with E-state index in [4.69, 9.17) is 25.8 Å². The molecule has 1 N–H and O–H groups in total. The Balaban J connectivity index is 1.83. The first kappa shape index (κ1) is 26.2. The Morgan fingerprint density at radius 3 is 2.63 bits per heavy atom. The van der Waals surface area contributed by atoms with Crippen LogP contribution in [0.5, 0.6) is 11.5 Å². The molecule has 10 heteroatoms. The van der Waals surface area contributed by atoms with Gasteiger partial charge >= 0.3 is 18.4 Å². The highest BCUT2D eigenvalue weighted by molar-refractivity contribution is 6.32. The van der Waals surface area contributed by atoms with E-state index in [0.29, 0.717) is 33.9 Å². The van der Waals surface area contributed by atoms with Crippen LogP contribution >= 0.6 is 11.6 Å². The molecule has 0 saturated carbocycles. The van der Waals surface area contributed by atoms with Crippen LogP contribution in [0.4, 0.5) is 14.5 Å². The number of cyclic esters (lactones) is 1. The summed E-state index contributed by atoms with van der Waals surface area (Å²) < 4.78 is 41.9. The van der Waals surface area contributed by atoms with Gasteiger partial charge in [-0.1, -0.05) is 35.4 Å². The summed E-state index contributed by atoms with van der Waals surface area (Å²) >= 11 is 6.00. The summed E-state index contributed by atoms with van der Waals surface area (Å²) in [4.78, 5) is 36.4. The number of allylic oxidation sites excluding steroid dienone is 2. The lowest BCUT2D eigenvalue weighted by atomic mass is 9.93. The third kappa shape index (κ3) is 5.97. The monoisotopic (exact) mass is 507 g/mol. The van der Waals surface area contributed by atoms with Gasteiger partial charge in [0, 0.05) is 17.5 Å². The van der Waals surface area contributed by atoms with Crippen LogP contribution in [0.2, 0.25) is 5.02 Å². The predicted octanol–water partition coefficient (Wildman–Crippen LogP) is 5.41. The molecule has 0 fully saturated rings. The van der Waals surface area contributed by atoms with E-state index in [2.05, 4.69) is 5.32 Å². The number of carbonyl (C=O) groups is 3. The number of fused-ring (bicyclic) bond motifs is 1. The van der Waals surface area contributed by atoms with Crippen molar-refractivity contribution in [2.45, 2.75) is 46.1 Å². The fourth-order valence-corrected chi connectivity index (χ4v) is 3.92. The first-order valence-electron chi connectivity index (χ1n) is 10.7. The molecule has 0 radical (unpaired) electrons. The third-order valence-corrected chi connectivity index (χ3v) is 5.87. The molecule has 1 aliphatic heterocycles. The summed E-state index contributed by atoms with van der Waals surface area (Å²) in [5.41, 5.74) is 2.24. The SMILES string of the molecule is COc1c(C)c2c(c(NC(=O)C(F)F)c1CC=C(C)CCC(=O)Oc1ccccc1Cl)C(=O)OC2. The van der Waals surface area contributed by atoms with Gasteiger partial charge in [-0.2, -0.15) is 8.78 Å². The van der Waals surface area contributed by atoms with Crippen molar-refractivity contribution in [1.29, 1.82) is 0 Å². The molecule has 0 aliphatic carbocycles. The van der Waals surface area contributed by atoms with E-state index in [1.807, 2.05) is 0 Å². The normalized spacial score (nSPS) is 12.9. The van der Waals surface area contributed by atoms with E-state index in [0.717, 1.165) is 5.57 Å². The number of hydrogen-bond acceptors (Lipinski definition) is 6. The Bertz CT molecular complexity index is 1190. The molecule has 0 unspecified atom stereocenters. The van der Waals surface area contributed by atoms with Gasteiger partial charge in [-0.25, -0.2) is 4.79 Å². The molecule has 0 atom stereocenters. The second-order valence-corrected chi connectivity index (χ2v) is 8.30. The summed E-state index contributed by atoms with van der Waals surface area (Å²) in [6.45, 7) is 3.47. The van der Waals surface area contributed by atoms with E-state index in [1.54, 1.807) is 44.2 Å². The maximum absolute atomic E-state index is 13.0. The molecule has 2 aromatic rings. The summed E-state index contributed by atoms with van der Waals surface area (Å²) in [5.74, 6) is -2.09. The summed E-state index contributed by atoms with van der Waals surface area (Å²) in [7, 11) is 1.41. The van der Waals surface area contributed by atoms with E-state index in [9.17, 15) is 23.2 Å². The average Bonchev–Trinajstić information content (AvgIpc) is 3.21. The van der Waals surface area contributed by atoms with Crippen molar-refractivity contribution in [2.24, 2.45) is 0 Å². The highest BCUT2D eigenvalue weighted by atomic mass is 35.5. The van der Waals surface area contributed by atoms with Crippen LogP contribution in [0.15, 0.2) is 35.9 Å². The first-order chi connectivity index (χ1) is 16.6. The van der Waals surface area contributed by atoms with Gasteiger partial charge in [-0.05, 0) is 44.4 Å². The number of anilines is 1. The van der Waals surface area contributed by atoms with Crippen LogP contribution in [0.1, 0.15) is 46.8 Å². The highest BCUT2D eigenvalue weighted by Gasteiger charge is 2.33. The molecule has 1 heterocycles. The van der Waals surface area contributed by atoms with Crippen LogP contribution < -0.4 is 14.8 Å².